The minimum Gasteiger partial charge on any atom is -0.465 e. The topological polar surface area (TPSA) is 128 Å². The lowest BCUT2D eigenvalue weighted by molar-refractivity contribution is 0.0474. The van der Waals surface area contributed by atoms with Crippen molar-refractivity contribution in [1.29, 1.82) is 0 Å². The van der Waals surface area contributed by atoms with Crippen LogP contribution in [-0.4, -0.2) is 89.2 Å². The Morgan fingerprint density at radius 2 is 1.60 bits per heavy atom. The molecule has 0 aromatic rings. The number of likely N-dealkylation sites (tertiary alicyclic amines) is 2. The van der Waals surface area contributed by atoms with E-state index in [-0.39, 0.29) is 17.5 Å². The average Bonchev–Trinajstić information content (AvgIpc) is 2.68. The monoisotopic (exact) mass is 428 g/mol. The normalized spacial score (nSPS) is 28.5. The Labute approximate surface area is 179 Å². The number of nitrogens with zero attached hydrogens (tertiary/aromatic N) is 2. The zero-order valence-corrected chi connectivity index (χ0v) is 18.7. The quantitative estimate of drug-likeness (QED) is 0.531. The predicted molar refractivity (Wildman–Crippen MR) is 115 cm³/mol. The molecule has 9 nitrogen and oxygen atoms in total. The van der Waals surface area contributed by atoms with Crippen LogP contribution >= 0.6 is 0 Å². The molecule has 0 aromatic heterocycles. The van der Waals surface area contributed by atoms with Crippen LogP contribution in [0.3, 0.4) is 0 Å². The van der Waals surface area contributed by atoms with Gasteiger partial charge in [-0.3, -0.25) is 0 Å². The van der Waals surface area contributed by atoms with E-state index in [1.165, 1.54) is 9.80 Å². The third kappa shape index (κ3) is 7.28. The number of nitrogens with two attached hydrogens (primary N) is 1. The molecule has 3 aliphatic rings. The number of carboxylic acid groups (broad SMARTS) is 2. The molecule has 9 heteroatoms. The second-order valence-corrected chi connectivity index (χ2v) is 9.71. The first-order valence-electron chi connectivity index (χ1n) is 11.2. The smallest absolute Gasteiger partial charge is 0.407 e. The summed E-state index contributed by atoms with van der Waals surface area (Å²) in [6.45, 7) is 9.70. The van der Waals surface area contributed by atoms with Crippen LogP contribution in [0, 0.1) is 5.41 Å². The molecule has 2 amide bonds. The number of hydrogen-bond acceptors (Lipinski definition) is 5. The molecule has 3 saturated heterocycles. The zero-order chi connectivity index (χ0) is 22.3. The summed E-state index contributed by atoms with van der Waals surface area (Å²) in [5, 5.41) is 21.6. The van der Waals surface area contributed by atoms with Gasteiger partial charge in [0.1, 0.15) is 0 Å². The van der Waals surface area contributed by atoms with Crippen molar-refractivity contribution in [3.8, 4) is 0 Å². The van der Waals surface area contributed by atoms with Crippen LogP contribution < -0.4 is 11.1 Å². The molecule has 3 aliphatic heterocycles. The molecule has 0 bridgehead atoms. The average molecular weight is 429 g/mol. The summed E-state index contributed by atoms with van der Waals surface area (Å²) in [7, 11) is 0. The summed E-state index contributed by atoms with van der Waals surface area (Å²) in [6, 6.07) is 0.744. The number of hydrogen-bond donors (Lipinski definition) is 4. The number of carbonyl (C=O) groups is 2. The van der Waals surface area contributed by atoms with E-state index >= 15 is 0 Å². The van der Waals surface area contributed by atoms with Crippen molar-refractivity contribution in [2.75, 3.05) is 32.8 Å². The minimum absolute atomic E-state index is 0.0279. The number of nitrogens with one attached hydrogen (secondary N) is 1. The van der Waals surface area contributed by atoms with Gasteiger partial charge in [0, 0.05) is 51.0 Å². The maximum Gasteiger partial charge on any atom is 0.407 e. The van der Waals surface area contributed by atoms with Crippen LogP contribution in [0.5, 0.6) is 0 Å². The van der Waals surface area contributed by atoms with E-state index in [9.17, 15) is 9.59 Å². The summed E-state index contributed by atoms with van der Waals surface area (Å²) in [6.07, 6.45) is 4.30. The SMILES string of the molecule is CC(C)(C)C1C(N)CCCN1C(=O)O.O=C(O)N1CCC[C@H](NC2CCOCC2)C1. The van der Waals surface area contributed by atoms with Gasteiger partial charge in [-0.1, -0.05) is 20.8 Å². The van der Waals surface area contributed by atoms with Crippen molar-refractivity contribution in [3.05, 3.63) is 0 Å². The molecule has 0 saturated carbocycles. The van der Waals surface area contributed by atoms with E-state index in [0.717, 1.165) is 51.7 Å². The highest BCUT2D eigenvalue weighted by molar-refractivity contribution is 5.66. The summed E-state index contributed by atoms with van der Waals surface area (Å²) in [5.74, 6) is 0. The van der Waals surface area contributed by atoms with Gasteiger partial charge in [-0.05, 0) is 43.9 Å². The summed E-state index contributed by atoms with van der Waals surface area (Å²) in [5.41, 5.74) is 5.90. The number of rotatable bonds is 2. The second-order valence-electron chi connectivity index (χ2n) is 9.71. The molecule has 3 atom stereocenters. The fourth-order valence-electron chi connectivity index (χ4n) is 4.83. The van der Waals surface area contributed by atoms with Crippen LogP contribution in [0.4, 0.5) is 9.59 Å². The lowest BCUT2D eigenvalue weighted by Gasteiger charge is -2.45. The predicted octanol–water partition coefficient (Wildman–Crippen LogP) is 2.40. The van der Waals surface area contributed by atoms with Crippen molar-refractivity contribution < 1.29 is 24.5 Å². The van der Waals surface area contributed by atoms with E-state index < -0.39 is 12.2 Å². The molecule has 3 fully saturated rings. The second kappa shape index (κ2) is 11.2. The van der Waals surface area contributed by atoms with Crippen molar-refractivity contribution in [2.24, 2.45) is 11.1 Å². The summed E-state index contributed by atoms with van der Waals surface area (Å²) >= 11 is 0. The van der Waals surface area contributed by atoms with Crippen LogP contribution in [-0.2, 0) is 4.74 Å². The number of ether oxygens (including phenoxy) is 1. The molecule has 0 aromatic carbocycles. The van der Waals surface area contributed by atoms with Crippen molar-refractivity contribution in [1.82, 2.24) is 15.1 Å². The van der Waals surface area contributed by atoms with Crippen molar-refractivity contribution in [2.45, 2.75) is 83.5 Å². The highest BCUT2D eigenvalue weighted by Crippen LogP contribution is 2.31. The molecule has 5 N–H and O–H groups in total. The Morgan fingerprint density at radius 3 is 2.13 bits per heavy atom. The van der Waals surface area contributed by atoms with Gasteiger partial charge in [0.25, 0.3) is 0 Å². The van der Waals surface area contributed by atoms with E-state index in [4.69, 9.17) is 20.7 Å². The first-order valence-corrected chi connectivity index (χ1v) is 11.2. The Kier molecular flexibility index (Phi) is 9.18. The molecule has 174 valence electrons. The first-order chi connectivity index (χ1) is 14.1. The Morgan fingerprint density at radius 1 is 0.967 bits per heavy atom. The van der Waals surface area contributed by atoms with Crippen molar-refractivity contribution in [3.63, 3.8) is 0 Å². The van der Waals surface area contributed by atoms with Gasteiger partial charge in [-0.25, -0.2) is 9.59 Å². The van der Waals surface area contributed by atoms with Gasteiger partial charge in [-0.2, -0.15) is 0 Å². The number of amides is 2. The summed E-state index contributed by atoms with van der Waals surface area (Å²) < 4.78 is 5.30. The Bertz CT molecular complexity index is 562. The highest BCUT2D eigenvalue weighted by atomic mass is 16.5. The molecule has 0 radical (unpaired) electrons. The number of piperidine rings is 2. The first kappa shape index (κ1) is 24.7. The van der Waals surface area contributed by atoms with E-state index in [1.54, 1.807) is 0 Å². The third-order valence-electron chi connectivity index (χ3n) is 6.20. The third-order valence-corrected chi connectivity index (χ3v) is 6.20. The molecule has 2 unspecified atom stereocenters. The lowest BCUT2D eigenvalue weighted by Crippen LogP contribution is -2.59. The minimum atomic E-state index is -0.847. The zero-order valence-electron chi connectivity index (χ0n) is 18.7. The van der Waals surface area contributed by atoms with Gasteiger partial charge < -0.3 is 35.8 Å². The molecule has 0 aliphatic carbocycles. The highest BCUT2D eigenvalue weighted by Gasteiger charge is 2.39. The summed E-state index contributed by atoms with van der Waals surface area (Å²) in [4.78, 5) is 24.9. The van der Waals surface area contributed by atoms with Gasteiger partial charge in [0.2, 0.25) is 0 Å². The largest absolute Gasteiger partial charge is 0.465 e. The molecule has 3 rings (SSSR count). The molecule has 0 spiro atoms. The van der Waals surface area contributed by atoms with Crippen LogP contribution in [0.25, 0.3) is 0 Å². The van der Waals surface area contributed by atoms with Crippen molar-refractivity contribution >= 4 is 12.2 Å². The molecule has 30 heavy (non-hydrogen) atoms. The molecular formula is C21H40N4O5. The van der Waals surface area contributed by atoms with Gasteiger partial charge >= 0.3 is 12.2 Å². The Hall–Kier alpha value is -1.58. The van der Waals surface area contributed by atoms with Crippen LogP contribution in [0.2, 0.25) is 0 Å². The van der Waals surface area contributed by atoms with E-state index in [2.05, 4.69) is 5.32 Å². The maximum atomic E-state index is 11.0. The van der Waals surface area contributed by atoms with Gasteiger partial charge in [0.05, 0.1) is 6.04 Å². The van der Waals surface area contributed by atoms with Crippen LogP contribution in [0.1, 0.15) is 59.3 Å². The van der Waals surface area contributed by atoms with Gasteiger partial charge in [0.15, 0.2) is 0 Å². The Balaban J connectivity index is 0.000000216. The standard InChI is InChI=1S/C11H20N2O3.C10H20N2O2/c14-11(15)13-5-1-2-10(8-13)12-9-3-6-16-7-4-9;1-10(2,3)8-7(11)5-4-6-12(8)9(13)14/h9-10,12H,1-8H2,(H,14,15);7-8H,4-6,11H2,1-3H3,(H,13,14)/t10-;/m0./s1. The lowest BCUT2D eigenvalue weighted by atomic mass is 9.78. The fraction of sp³-hybridized carbons (Fsp3) is 0.905. The van der Waals surface area contributed by atoms with Crippen LogP contribution in [0.15, 0.2) is 0 Å². The molecule has 3 heterocycles. The van der Waals surface area contributed by atoms with E-state index in [0.29, 0.717) is 31.7 Å². The molecular weight excluding hydrogens is 388 g/mol. The van der Waals surface area contributed by atoms with Gasteiger partial charge in [-0.15, -0.1) is 0 Å². The van der Waals surface area contributed by atoms with E-state index in [1.807, 2.05) is 20.8 Å². The maximum absolute atomic E-state index is 11.0. The fourth-order valence-corrected chi connectivity index (χ4v) is 4.83.